The van der Waals surface area contributed by atoms with E-state index in [0.29, 0.717) is 5.92 Å². The monoisotopic (exact) mass is 493 g/mol. The molecule has 1 saturated carbocycles. The van der Waals surface area contributed by atoms with Gasteiger partial charge in [-0.2, -0.15) is 0 Å². The van der Waals surface area contributed by atoms with E-state index in [9.17, 15) is 4.39 Å². The molecule has 1 spiro atoms. The second-order valence-corrected chi connectivity index (χ2v) is 11.5. The third kappa shape index (κ3) is 3.87. The molecule has 3 heterocycles. The van der Waals surface area contributed by atoms with Crippen LogP contribution in [0.25, 0.3) is 27.7 Å². The van der Waals surface area contributed by atoms with Crippen molar-refractivity contribution in [2.24, 2.45) is 5.41 Å². The van der Waals surface area contributed by atoms with Crippen molar-refractivity contribution in [1.82, 2.24) is 10.1 Å². The predicted octanol–water partition coefficient (Wildman–Crippen LogP) is 7.91. The molecular formula is C32H32FN3O. The topological polar surface area (TPSA) is 42.2 Å². The van der Waals surface area contributed by atoms with Gasteiger partial charge in [0.25, 0.3) is 0 Å². The Morgan fingerprint density at radius 2 is 1.68 bits per heavy atom. The van der Waals surface area contributed by atoms with E-state index in [0.717, 1.165) is 84.5 Å². The van der Waals surface area contributed by atoms with Crippen LogP contribution in [0.2, 0.25) is 0 Å². The van der Waals surface area contributed by atoms with E-state index in [4.69, 9.17) is 4.52 Å². The van der Waals surface area contributed by atoms with Gasteiger partial charge in [-0.05, 0) is 111 Å². The van der Waals surface area contributed by atoms with Crippen molar-refractivity contribution in [2.75, 3.05) is 18.0 Å². The number of aromatic nitrogens is 2. The number of rotatable bonds is 4. The van der Waals surface area contributed by atoms with Gasteiger partial charge in [0.2, 0.25) is 0 Å². The van der Waals surface area contributed by atoms with Crippen molar-refractivity contribution in [3.05, 3.63) is 82.5 Å². The summed E-state index contributed by atoms with van der Waals surface area (Å²) in [5, 5.41) is 5.77. The van der Waals surface area contributed by atoms with Crippen LogP contribution in [-0.4, -0.2) is 23.2 Å². The van der Waals surface area contributed by atoms with E-state index >= 15 is 0 Å². The number of piperidine rings is 1. The van der Waals surface area contributed by atoms with Crippen molar-refractivity contribution in [1.29, 1.82) is 0 Å². The number of benzene rings is 2. The fourth-order valence-electron chi connectivity index (χ4n) is 6.52. The molecule has 2 aliphatic carbocycles. The first-order valence-electron chi connectivity index (χ1n) is 13.5. The normalized spacial score (nSPS) is 18.8. The van der Waals surface area contributed by atoms with Crippen LogP contribution in [0.1, 0.15) is 66.2 Å². The summed E-state index contributed by atoms with van der Waals surface area (Å²) >= 11 is 0. The zero-order valence-corrected chi connectivity index (χ0v) is 21.8. The van der Waals surface area contributed by atoms with Gasteiger partial charge in [-0.25, -0.2) is 4.39 Å². The second-order valence-electron chi connectivity index (χ2n) is 11.5. The molecule has 0 bridgehead atoms. The number of pyridine rings is 1. The summed E-state index contributed by atoms with van der Waals surface area (Å²) in [5.74, 6) is 1.32. The summed E-state index contributed by atoms with van der Waals surface area (Å²) in [4.78, 5) is 7.17. The number of hydrogen-bond acceptors (Lipinski definition) is 4. The maximum atomic E-state index is 14.0. The standard InChI is InChI=1S/C32H32FN3O/c1-19-14-25(33)15-20(2)28(19)30-29(31(37-35-30)22-6-7-22)24-17-32(18-24)10-12-36(13-11-32)26-8-9-27-23(16-26)5-4-21(3)34-27/h4-5,8-9,14-17,22H,6-7,10-13,18H2,1-3H3. The SMILES string of the molecule is Cc1ccc2cc(N3CCC4(C=C(c5c(-c6c(C)cc(F)cc6C)noc5C5CC5)C4)CC3)ccc2n1. The lowest BCUT2D eigenvalue weighted by molar-refractivity contribution is 0.277. The number of anilines is 1. The van der Waals surface area contributed by atoms with Crippen LogP contribution in [0.15, 0.2) is 53.1 Å². The summed E-state index contributed by atoms with van der Waals surface area (Å²) in [5.41, 5.74) is 9.95. The average Bonchev–Trinajstić information content (AvgIpc) is 3.61. The maximum absolute atomic E-state index is 14.0. The molecule has 37 heavy (non-hydrogen) atoms. The Kier molecular flexibility index (Phi) is 5.08. The minimum Gasteiger partial charge on any atom is -0.371 e. The number of fused-ring (bicyclic) bond motifs is 1. The van der Waals surface area contributed by atoms with Crippen LogP contribution in [0.4, 0.5) is 10.1 Å². The van der Waals surface area contributed by atoms with Crippen LogP contribution in [0, 0.1) is 32.0 Å². The highest BCUT2D eigenvalue weighted by Crippen LogP contribution is 2.56. The molecule has 0 amide bonds. The van der Waals surface area contributed by atoms with Crippen molar-refractivity contribution < 1.29 is 8.91 Å². The fourth-order valence-corrected chi connectivity index (χ4v) is 6.52. The summed E-state index contributed by atoms with van der Waals surface area (Å²) in [6.07, 6.45) is 8.19. The van der Waals surface area contributed by atoms with Gasteiger partial charge in [0, 0.05) is 46.9 Å². The lowest BCUT2D eigenvalue weighted by Gasteiger charge is -2.47. The molecule has 2 fully saturated rings. The third-order valence-electron chi connectivity index (χ3n) is 8.68. The van der Waals surface area contributed by atoms with Crippen molar-refractivity contribution in [3.8, 4) is 11.3 Å². The quantitative estimate of drug-likeness (QED) is 0.290. The smallest absolute Gasteiger partial charge is 0.147 e. The van der Waals surface area contributed by atoms with Gasteiger partial charge in [-0.1, -0.05) is 17.3 Å². The average molecular weight is 494 g/mol. The minimum atomic E-state index is -0.197. The molecule has 0 unspecified atom stereocenters. The van der Waals surface area contributed by atoms with E-state index in [1.165, 1.54) is 22.2 Å². The molecule has 1 saturated heterocycles. The Morgan fingerprint density at radius 3 is 2.38 bits per heavy atom. The molecule has 0 N–H and O–H groups in total. The maximum Gasteiger partial charge on any atom is 0.147 e. The highest BCUT2D eigenvalue weighted by atomic mass is 19.1. The van der Waals surface area contributed by atoms with E-state index in [2.05, 4.69) is 51.4 Å². The number of nitrogens with zero attached hydrogens (tertiary/aromatic N) is 3. The first-order valence-corrected chi connectivity index (χ1v) is 13.5. The van der Waals surface area contributed by atoms with Crippen molar-refractivity contribution in [3.63, 3.8) is 0 Å². The minimum absolute atomic E-state index is 0.197. The molecule has 5 heteroatoms. The summed E-state index contributed by atoms with van der Waals surface area (Å²) in [6.45, 7) is 8.08. The Morgan fingerprint density at radius 1 is 0.946 bits per heavy atom. The molecule has 1 aliphatic heterocycles. The molecule has 2 aromatic carbocycles. The molecule has 4 nitrogen and oxygen atoms in total. The Hall–Kier alpha value is -3.47. The largest absolute Gasteiger partial charge is 0.371 e. The van der Waals surface area contributed by atoms with Crippen LogP contribution < -0.4 is 4.90 Å². The molecule has 188 valence electrons. The predicted molar refractivity (Wildman–Crippen MR) is 146 cm³/mol. The van der Waals surface area contributed by atoms with Gasteiger partial charge in [0.15, 0.2) is 0 Å². The van der Waals surface area contributed by atoms with Gasteiger partial charge >= 0.3 is 0 Å². The highest BCUT2D eigenvalue weighted by Gasteiger charge is 2.44. The molecule has 7 rings (SSSR count). The van der Waals surface area contributed by atoms with Gasteiger partial charge in [-0.15, -0.1) is 0 Å². The Labute approximate surface area is 217 Å². The van der Waals surface area contributed by atoms with Gasteiger partial charge in [0.05, 0.1) is 5.52 Å². The molecule has 0 atom stereocenters. The lowest BCUT2D eigenvalue weighted by atomic mass is 9.63. The zero-order valence-electron chi connectivity index (χ0n) is 21.8. The van der Waals surface area contributed by atoms with Gasteiger partial charge in [0.1, 0.15) is 17.3 Å². The van der Waals surface area contributed by atoms with E-state index in [1.54, 1.807) is 12.1 Å². The van der Waals surface area contributed by atoms with Crippen LogP contribution >= 0.6 is 0 Å². The van der Waals surface area contributed by atoms with Crippen molar-refractivity contribution >= 4 is 22.2 Å². The molecule has 3 aliphatic rings. The van der Waals surface area contributed by atoms with Crippen LogP contribution in [0.3, 0.4) is 0 Å². The Bertz CT molecular complexity index is 1550. The van der Waals surface area contributed by atoms with E-state index in [-0.39, 0.29) is 11.2 Å². The first-order chi connectivity index (χ1) is 17.9. The van der Waals surface area contributed by atoms with Crippen molar-refractivity contribution in [2.45, 2.75) is 58.8 Å². The number of allylic oxidation sites excluding steroid dienone is 2. The zero-order chi connectivity index (χ0) is 25.3. The molecule has 0 radical (unpaired) electrons. The summed E-state index contributed by atoms with van der Waals surface area (Å²) < 4.78 is 20.0. The molecule has 4 aromatic rings. The van der Waals surface area contributed by atoms with Crippen LogP contribution in [0.5, 0.6) is 0 Å². The van der Waals surface area contributed by atoms with E-state index < -0.39 is 0 Å². The van der Waals surface area contributed by atoms with Gasteiger partial charge < -0.3 is 9.42 Å². The fraction of sp³-hybridized carbons (Fsp3) is 0.375. The lowest BCUT2D eigenvalue weighted by Crippen LogP contribution is -2.42. The number of aryl methyl sites for hydroxylation is 3. The first kappa shape index (κ1) is 22.7. The van der Waals surface area contributed by atoms with Crippen LogP contribution in [-0.2, 0) is 0 Å². The summed E-state index contributed by atoms with van der Waals surface area (Å²) in [6, 6.07) is 14.1. The second kappa shape index (κ2) is 8.27. The molecular weight excluding hydrogens is 461 g/mol. The number of halogens is 1. The molecule has 2 aromatic heterocycles. The number of hydrogen-bond donors (Lipinski definition) is 0. The summed E-state index contributed by atoms with van der Waals surface area (Å²) in [7, 11) is 0. The van der Waals surface area contributed by atoms with Gasteiger partial charge in [-0.3, -0.25) is 4.98 Å². The van der Waals surface area contributed by atoms with E-state index in [1.807, 2.05) is 20.8 Å². The third-order valence-corrected chi connectivity index (χ3v) is 8.68. The highest BCUT2D eigenvalue weighted by molar-refractivity contribution is 5.86. The Balaban J connectivity index is 1.15.